The summed E-state index contributed by atoms with van der Waals surface area (Å²) >= 11 is 0. The van der Waals surface area contributed by atoms with E-state index < -0.39 is 7.60 Å². The van der Waals surface area contributed by atoms with Crippen LogP contribution in [0, 0.1) is 0 Å². The van der Waals surface area contributed by atoms with Gasteiger partial charge in [0.25, 0.3) is 0 Å². The Balaban J connectivity index is 2.11. The van der Waals surface area contributed by atoms with Crippen molar-refractivity contribution < 1.29 is 19.1 Å². The number of ether oxygens (including phenoxy) is 1. The lowest BCUT2D eigenvalue weighted by molar-refractivity contribution is 0.365. The van der Waals surface area contributed by atoms with E-state index >= 15 is 0 Å². The maximum absolute atomic E-state index is 10.9. The van der Waals surface area contributed by atoms with Gasteiger partial charge in [0.2, 0.25) is 0 Å². The van der Waals surface area contributed by atoms with Crippen molar-refractivity contribution in [2.75, 3.05) is 19.8 Å². The molecule has 19 heavy (non-hydrogen) atoms. The first kappa shape index (κ1) is 14.5. The molecule has 0 aliphatic carbocycles. The van der Waals surface area contributed by atoms with Crippen LogP contribution in [-0.2, 0) is 11.0 Å². The zero-order chi connectivity index (χ0) is 13.9. The average molecular weight is 285 g/mol. The highest BCUT2D eigenvalue weighted by Crippen LogP contribution is 2.38. The van der Waals surface area contributed by atoms with Gasteiger partial charge >= 0.3 is 7.60 Å². The minimum Gasteiger partial charge on any atom is -0.496 e. The molecular formula is C13H20NO4P. The SMILES string of the molecule is COc1cccc2c1C(CCCP(=O)(O)O)NCC2. The molecule has 1 aromatic rings. The summed E-state index contributed by atoms with van der Waals surface area (Å²) in [6.07, 6.45) is 2.11. The lowest BCUT2D eigenvalue weighted by atomic mass is 9.91. The number of hydrogen-bond donors (Lipinski definition) is 3. The standard InChI is InChI=1S/C13H20NO4P/c1-18-12-6-2-4-10-7-8-14-11(13(10)12)5-3-9-19(15,16)17/h2,4,6,11,14H,3,5,7-9H2,1H3,(H2,15,16,17). The number of nitrogens with one attached hydrogen (secondary N) is 1. The van der Waals surface area contributed by atoms with Gasteiger partial charge in [-0.3, -0.25) is 4.57 Å². The van der Waals surface area contributed by atoms with E-state index in [-0.39, 0.29) is 12.2 Å². The normalized spacial score (nSPS) is 19.0. The Hall–Kier alpha value is -0.870. The van der Waals surface area contributed by atoms with Gasteiger partial charge in [0.15, 0.2) is 0 Å². The first-order valence-corrected chi connectivity index (χ1v) is 8.25. The van der Waals surface area contributed by atoms with Crippen molar-refractivity contribution in [3.05, 3.63) is 29.3 Å². The molecule has 6 heteroatoms. The summed E-state index contributed by atoms with van der Waals surface area (Å²) in [4.78, 5) is 17.8. The molecule has 1 heterocycles. The van der Waals surface area contributed by atoms with Gasteiger partial charge in [0.1, 0.15) is 5.75 Å². The maximum Gasteiger partial charge on any atom is 0.325 e. The molecule has 0 aromatic heterocycles. The van der Waals surface area contributed by atoms with Crippen molar-refractivity contribution in [2.45, 2.75) is 25.3 Å². The van der Waals surface area contributed by atoms with Crippen LogP contribution >= 0.6 is 7.60 Å². The second-order valence-corrected chi connectivity index (χ2v) is 6.60. The molecule has 0 amide bonds. The van der Waals surface area contributed by atoms with Crippen LogP contribution in [0.4, 0.5) is 0 Å². The Bertz CT molecular complexity index is 471. The molecule has 0 bridgehead atoms. The lowest BCUT2D eigenvalue weighted by Gasteiger charge is -2.28. The molecular weight excluding hydrogens is 265 g/mol. The van der Waals surface area contributed by atoms with Crippen LogP contribution in [-0.4, -0.2) is 29.6 Å². The highest BCUT2D eigenvalue weighted by atomic mass is 31.2. The smallest absolute Gasteiger partial charge is 0.325 e. The summed E-state index contributed by atoms with van der Waals surface area (Å²) in [6.45, 7) is 0.890. The van der Waals surface area contributed by atoms with Crippen LogP contribution in [0.5, 0.6) is 5.75 Å². The average Bonchev–Trinajstić information content (AvgIpc) is 2.36. The largest absolute Gasteiger partial charge is 0.496 e. The van der Waals surface area contributed by atoms with Crippen molar-refractivity contribution in [1.82, 2.24) is 5.32 Å². The Morgan fingerprint density at radius 3 is 2.95 bits per heavy atom. The van der Waals surface area contributed by atoms with Crippen LogP contribution in [0.15, 0.2) is 18.2 Å². The van der Waals surface area contributed by atoms with Crippen molar-refractivity contribution in [3.8, 4) is 5.75 Å². The predicted molar refractivity (Wildman–Crippen MR) is 73.6 cm³/mol. The van der Waals surface area contributed by atoms with Crippen molar-refractivity contribution >= 4 is 7.60 Å². The molecule has 5 nitrogen and oxygen atoms in total. The van der Waals surface area contributed by atoms with Crippen LogP contribution in [0.1, 0.15) is 30.0 Å². The quantitative estimate of drug-likeness (QED) is 0.719. The van der Waals surface area contributed by atoms with E-state index in [4.69, 9.17) is 14.5 Å². The number of fused-ring (bicyclic) bond motifs is 1. The number of hydrogen-bond acceptors (Lipinski definition) is 3. The number of methoxy groups -OCH3 is 1. The third-order valence-electron chi connectivity index (χ3n) is 3.45. The van der Waals surface area contributed by atoms with Gasteiger partial charge in [0, 0.05) is 17.8 Å². The minimum absolute atomic E-state index is 0.0599. The van der Waals surface area contributed by atoms with E-state index in [1.165, 1.54) is 5.56 Å². The second kappa shape index (κ2) is 6.06. The van der Waals surface area contributed by atoms with Crippen molar-refractivity contribution in [2.24, 2.45) is 0 Å². The second-order valence-electron chi connectivity index (χ2n) is 4.82. The van der Waals surface area contributed by atoms with E-state index in [9.17, 15) is 4.57 Å². The highest BCUT2D eigenvalue weighted by Gasteiger charge is 2.24. The summed E-state index contributed by atoms with van der Waals surface area (Å²) in [6, 6.07) is 6.12. The monoisotopic (exact) mass is 285 g/mol. The van der Waals surface area contributed by atoms with Crippen molar-refractivity contribution in [3.63, 3.8) is 0 Å². The molecule has 0 fully saturated rings. The van der Waals surface area contributed by atoms with Crippen molar-refractivity contribution in [1.29, 1.82) is 0 Å². The summed E-state index contributed by atoms with van der Waals surface area (Å²) < 4.78 is 16.3. The van der Waals surface area contributed by atoms with Crippen LogP contribution < -0.4 is 10.1 Å². The van der Waals surface area contributed by atoms with Crippen LogP contribution in [0.2, 0.25) is 0 Å². The fraction of sp³-hybridized carbons (Fsp3) is 0.538. The third-order valence-corrected chi connectivity index (χ3v) is 4.35. The van der Waals surface area contributed by atoms with Gasteiger partial charge in [0.05, 0.1) is 7.11 Å². The summed E-state index contributed by atoms with van der Waals surface area (Å²) in [7, 11) is -2.25. The van der Waals surface area contributed by atoms with E-state index in [0.29, 0.717) is 12.8 Å². The molecule has 0 radical (unpaired) electrons. The summed E-state index contributed by atoms with van der Waals surface area (Å²) in [5.74, 6) is 0.853. The first-order chi connectivity index (χ1) is 9.01. The fourth-order valence-corrected chi connectivity index (χ4v) is 3.21. The molecule has 0 saturated carbocycles. The summed E-state index contributed by atoms with van der Waals surface area (Å²) in [5, 5.41) is 3.40. The van der Waals surface area contributed by atoms with Gasteiger partial charge in [-0.2, -0.15) is 0 Å². The lowest BCUT2D eigenvalue weighted by Crippen LogP contribution is -2.30. The van der Waals surface area contributed by atoms with Gasteiger partial charge in [-0.05, 0) is 37.4 Å². The number of rotatable bonds is 5. The first-order valence-electron chi connectivity index (χ1n) is 6.45. The van der Waals surface area contributed by atoms with E-state index in [1.54, 1.807) is 7.11 Å². The molecule has 1 aliphatic heterocycles. The minimum atomic E-state index is -3.90. The molecule has 106 valence electrons. The highest BCUT2D eigenvalue weighted by molar-refractivity contribution is 7.51. The van der Waals surface area contributed by atoms with E-state index in [2.05, 4.69) is 11.4 Å². The van der Waals surface area contributed by atoms with Gasteiger partial charge in [-0.15, -0.1) is 0 Å². The van der Waals surface area contributed by atoms with E-state index in [0.717, 1.165) is 24.3 Å². The Labute approximate surface area is 113 Å². The molecule has 1 aliphatic rings. The Kier molecular flexibility index (Phi) is 4.63. The predicted octanol–water partition coefficient (Wildman–Crippen LogP) is 1.84. The topological polar surface area (TPSA) is 78.8 Å². The van der Waals surface area contributed by atoms with Crippen LogP contribution in [0.25, 0.3) is 0 Å². The third kappa shape index (κ3) is 3.80. The van der Waals surface area contributed by atoms with E-state index in [1.807, 2.05) is 12.1 Å². The zero-order valence-corrected chi connectivity index (χ0v) is 11.9. The molecule has 2 rings (SSSR count). The fourth-order valence-electron chi connectivity index (χ4n) is 2.61. The molecule has 1 atom stereocenters. The Morgan fingerprint density at radius 2 is 2.26 bits per heavy atom. The maximum atomic E-state index is 10.9. The Morgan fingerprint density at radius 1 is 1.47 bits per heavy atom. The molecule has 1 aromatic carbocycles. The van der Waals surface area contributed by atoms with Gasteiger partial charge in [-0.25, -0.2) is 0 Å². The van der Waals surface area contributed by atoms with Gasteiger partial charge < -0.3 is 19.8 Å². The molecule has 3 N–H and O–H groups in total. The molecule has 1 unspecified atom stereocenters. The summed E-state index contributed by atoms with van der Waals surface area (Å²) in [5.41, 5.74) is 2.40. The number of benzene rings is 1. The molecule has 0 spiro atoms. The zero-order valence-electron chi connectivity index (χ0n) is 11.0. The van der Waals surface area contributed by atoms with Gasteiger partial charge in [-0.1, -0.05) is 12.1 Å². The van der Waals surface area contributed by atoms with Crippen LogP contribution in [0.3, 0.4) is 0 Å². The molecule has 0 saturated heterocycles.